The molecule has 344 valence electrons. The lowest BCUT2D eigenvalue weighted by Crippen LogP contribution is -2.48. The van der Waals surface area contributed by atoms with Gasteiger partial charge in [-0.25, -0.2) is 0 Å². The summed E-state index contributed by atoms with van der Waals surface area (Å²) in [6, 6.07) is 81.4. The molecule has 0 saturated heterocycles. The second-order valence-electron chi connectivity index (χ2n) is 21.7. The van der Waals surface area contributed by atoms with Crippen LogP contribution in [0.4, 0.5) is 17.1 Å². The fourth-order valence-electron chi connectivity index (χ4n) is 15.6. The molecule has 3 heteroatoms. The summed E-state index contributed by atoms with van der Waals surface area (Å²) < 4.78 is 13.2. The van der Waals surface area contributed by atoms with Gasteiger partial charge in [0.25, 0.3) is 0 Å². The van der Waals surface area contributed by atoms with E-state index < -0.39 is 5.41 Å². The molecule has 72 heavy (non-hydrogen) atoms. The number of furan rings is 1. The third kappa shape index (κ3) is 5.62. The predicted molar refractivity (Wildman–Crippen MR) is 294 cm³/mol. The van der Waals surface area contributed by atoms with Gasteiger partial charge in [-0.05, 0) is 160 Å². The fraction of sp³-hybridized carbons (Fsp3) is 0.159. The molecule has 17 rings (SSSR count). The number of benzene rings is 10. The quantitative estimate of drug-likeness (QED) is 0.166. The largest absolute Gasteiger partial charge is 0.457 e. The molecular weight excluding hydrogens is 875 g/mol. The van der Waals surface area contributed by atoms with Gasteiger partial charge in [0.1, 0.15) is 22.7 Å². The zero-order chi connectivity index (χ0) is 47.1. The van der Waals surface area contributed by atoms with Crippen LogP contribution < -0.4 is 9.64 Å². The third-order valence-electron chi connectivity index (χ3n) is 17.9. The molecule has 3 nitrogen and oxygen atoms in total. The van der Waals surface area contributed by atoms with Crippen LogP contribution in [0, 0.1) is 17.8 Å². The molecule has 0 unspecified atom stereocenters. The maximum atomic E-state index is 6.80. The van der Waals surface area contributed by atoms with Gasteiger partial charge in [0.05, 0.1) is 16.8 Å². The summed E-state index contributed by atoms with van der Waals surface area (Å²) in [6.45, 7) is 0. The van der Waals surface area contributed by atoms with E-state index in [9.17, 15) is 0 Å². The van der Waals surface area contributed by atoms with Gasteiger partial charge in [-0.2, -0.15) is 0 Å². The van der Waals surface area contributed by atoms with E-state index in [1.54, 1.807) is 0 Å². The highest BCUT2D eigenvalue weighted by molar-refractivity contribution is 6.11. The number of hydrogen-bond acceptors (Lipinski definition) is 3. The number of anilines is 3. The smallest absolute Gasteiger partial charge is 0.136 e. The highest BCUT2D eigenvalue weighted by Crippen LogP contribution is 2.66. The summed E-state index contributed by atoms with van der Waals surface area (Å²) in [5.74, 6) is 4.24. The highest BCUT2D eigenvalue weighted by Gasteiger charge is 2.54. The van der Waals surface area contributed by atoms with Gasteiger partial charge in [0, 0.05) is 38.7 Å². The molecule has 4 fully saturated rings. The van der Waals surface area contributed by atoms with Crippen LogP contribution in [0.25, 0.3) is 66.1 Å². The third-order valence-corrected chi connectivity index (χ3v) is 17.9. The summed E-state index contributed by atoms with van der Waals surface area (Å²) >= 11 is 0. The van der Waals surface area contributed by atoms with Crippen molar-refractivity contribution in [3.63, 3.8) is 0 Å². The van der Waals surface area contributed by atoms with Crippen LogP contribution in [0.2, 0.25) is 0 Å². The monoisotopic (exact) mass is 925 g/mol. The molecule has 0 N–H and O–H groups in total. The van der Waals surface area contributed by atoms with Crippen molar-refractivity contribution in [1.29, 1.82) is 0 Å². The van der Waals surface area contributed by atoms with Gasteiger partial charge in [-0.3, -0.25) is 0 Å². The normalized spacial score (nSPS) is 20.6. The zero-order valence-electron chi connectivity index (χ0n) is 40.0. The molecule has 0 atom stereocenters. The Morgan fingerprint density at radius 2 is 0.889 bits per heavy atom. The minimum absolute atomic E-state index is 0.142. The Morgan fingerprint density at radius 3 is 1.62 bits per heavy atom. The molecule has 4 bridgehead atoms. The van der Waals surface area contributed by atoms with Crippen molar-refractivity contribution >= 4 is 49.8 Å². The molecule has 5 aliphatic carbocycles. The van der Waals surface area contributed by atoms with Crippen molar-refractivity contribution in [2.75, 3.05) is 4.90 Å². The molecular formula is C69H51NO2. The van der Waals surface area contributed by atoms with Gasteiger partial charge in [0.15, 0.2) is 0 Å². The standard InChI is InChI=1S/C69H51NO2/c1-2-17-49-48(16-1)47(46-32-33-53-52-19-5-12-29-63(52)71-66(53)39-46)34-35-50(49)51-18-4-10-26-60(51)70(61-27-11-7-22-56(61)68-40-43-36-44(41-68)38-45(37-43)42-68)62-28-15-25-59-67(62)54-20-3-6-21-55(54)69(59)57-23-8-13-30-64(57)72-65-31-14-9-24-58(65)69/h1-35,39,43-45H,36-38,40-42H2/t43-,44+,45?,68?. The van der Waals surface area contributed by atoms with Gasteiger partial charge in [0.2, 0.25) is 0 Å². The van der Waals surface area contributed by atoms with Gasteiger partial charge in [-0.1, -0.05) is 170 Å². The Bertz CT molecular complexity index is 3960. The van der Waals surface area contributed by atoms with Crippen LogP contribution in [-0.2, 0) is 10.8 Å². The van der Waals surface area contributed by atoms with Crippen molar-refractivity contribution in [2.45, 2.75) is 49.4 Å². The summed E-state index contributed by atoms with van der Waals surface area (Å²) in [7, 11) is 0. The average molecular weight is 926 g/mol. The minimum Gasteiger partial charge on any atom is -0.457 e. The minimum atomic E-state index is -0.588. The van der Waals surface area contributed by atoms with Crippen LogP contribution in [0.15, 0.2) is 223 Å². The summed E-state index contributed by atoms with van der Waals surface area (Å²) in [5, 5.41) is 4.73. The first-order valence-electron chi connectivity index (χ1n) is 26.2. The van der Waals surface area contributed by atoms with Gasteiger partial charge >= 0.3 is 0 Å². The highest BCUT2D eigenvalue weighted by atomic mass is 16.5. The zero-order valence-corrected chi connectivity index (χ0v) is 40.0. The van der Waals surface area contributed by atoms with Crippen LogP contribution in [0.1, 0.15) is 66.3 Å². The first-order chi connectivity index (χ1) is 35.6. The number of ether oxygens (including phenoxy) is 1. The van der Waals surface area contributed by atoms with Crippen molar-refractivity contribution in [3.8, 4) is 44.9 Å². The van der Waals surface area contributed by atoms with E-state index in [2.05, 4.69) is 217 Å². The Labute approximate surface area is 420 Å². The Kier molecular flexibility index (Phi) is 8.56. The molecule has 10 aromatic carbocycles. The lowest BCUT2D eigenvalue weighted by atomic mass is 9.48. The molecule has 4 saturated carbocycles. The van der Waals surface area contributed by atoms with Crippen LogP contribution in [0.3, 0.4) is 0 Å². The van der Waals surface area contributed by atoms with E-state index in [-0.39, 0.29) is 5.41 Å². The molecule has 1 aromatic heterocycles. The molecule has 11 aromatic rings. The molecule has 1 spiro atoms. The number of para-hydroxylation sites is 5. The average Bonchev–Trinajstić information content (AvgIpc) is 3.95. The molecule has 0 radical (unpaired) electrons. The maximum absolute atomic E-state index is 6.80. The SMILES string of the molecule is c1ccc2c(c1)Oc1ccccc1C21c2ccccc2-c2c(N(c3ccccc3-c3ccc(-c4ccc5c(c4)oc4ccccc45)c4ccccc34)c3ccccc3C34CC5C[C@H](C3)C[C@@H](C5)C4)cccc21. The van der Waals surface area contributed by atoms with Gasteiger partial charge < -0.3 is 14.1 Å². The summed E-state index contributed by atoms with van der Waals surface area (Å²) in [4.78, 5) is 2.70. The predicted octanol–water partition coefficient (Wildman–Crippen LogP) is 18.5. The first kappa shape index (κ1) is 40.6. The van der Waals surface area contributed by atoms with Crippen molar-refractivity contribution in [2.24, 2.45) is 17.8 Å². The summed E-state index contributed by atoms with van der Waals surface area (Å²) in [5.41, 5.74) is 18.8. The number of fused-ring (bicyclic) bond motifs is 13. The van der Waals surface area contributed by atoms with Crippen LogP contribution in [0.5, 0.6) is 11.5 Å². The van der Waals surface area contributed by atoms with E-state index in [0.29, 0.717) is 0 Å². The number of nitrogens with zero attached hydrogens (tertiary/aromatic N) is 1. The van der Waals surface area contributed by atoms with E-state index in [1.807, 2.05) is 6.07 Å². The van der Waals surface area contributed by atoms with Crippen molar-refractivity contribution in [1.82, 2.24) is 0 Å². The van der Waals surface area contributed by atoms with Crippen LogP contribution >= 0.6 is 0 Å². The fourth-order valence-corrected chi connectivity index (χ4v) is 15.6. The number of hydrogen-bond donors (Lipinski definition) is 0. The van der Waals surface area contributed by atoms with Crippen molar-refractivity contribution < 1.29 is 9.15 Å². The molecule has 6 aliphatic rings. The molecule has 2 heterocycles. The maximum Gasteiger partial charge on any atom is 0.136 e. The summed E-state index contributed by atoms with van der Waals surface area (Å²) in [6.07, 6.45) is 8.06. The van der Waals surface area contributed by atoms with E-state index in [0.717, 1.165) is 56.8 Å². The first-order valence-corrected chi connectivity index (χ1v) is 26.2. The van der Waals surface area contributed by atoms with E-state index in [1.165, 1.54) is 122 Å². The van der Waals surface area contributed by atoms with Gasteiger partial charge in [-0.15, -0.1) is 0 Å². The van der Waals surface area contributed by atoms with E-state index in [4.69, 9.17) is 9.15 Å². The Morgan fingerprint density at radius 1 is 0.361 bits per heavy atom. The second kappa shape index (κ2) is 15.2. The molecule has 1 aliphatic heterocycles. The van der Waals surface area contributed by atoms with Crippen molar-refractivity contribution in [3.05, 3.63) is 246 Å². The number of rotatable bonds is 6. The topological polar surface area (TPSA) is 25.6 Å². The lowest BCUT2D eigenvalue weighted by molar-refractivity contribution is -0.00491. The van der Waals surface area contributed by atoms with E-state index >= 15 is 0 Å². The Hall–Kier alpha value is -8.14. The second-order valence-corrected chi connectivity index (χ2v) is 21.7. The Balaban J connectivity index is 0.955. The van der Waals surface area contributed by atoms with Crippen LogP contribution in [-0.4, -0.2) is 0 Å². The molecule has 0 amide bonds. The lowest BCUT2D eigenvalue weighted by Gasteiger charge is -2.57.